The molecular weight excluding hydrogens is 266 g/mol. The zero-order chi connectivity index (χ0) is 13.6. The first-order chi connectivity index (χ1) is 8.45. The average molecular weight is 276 g/mol. The van der Waals surface area contributed by atoms with Gasteiger partial charge in [-0.05, 0) is 12.1 Å². The summed E-state index contributed by atoms with van der Waals surface area (Å²) in [7, 11) is -3.99. The SMILES string of the molecule is N#CCC(NS(=O)(=O)c1ccccc1)OC(F)F. The summed E-state index contributed by atoms with van der Waals surface area (Å²) in [6, 6.07) is 8.75. The number of nitriles is 1. The van der Waals surface area contributed by atoms with E-state index in [2.05, 4.69) is 4.74 Å². The van der Waals surface area contributed by atoms with Crippen molar-refractivity contribution < 1.29 is 21.9 Å². The second-order valence-electron chi connectivity index (χ2n) is 3.18. The Morgan fingerprint density at radius 1 is 1.33 bits per heavy atom. The largest absolute Gasteiger partial charge is 0.346 e. The highest BCUT2D eigenvalue weighted by Gasteiger charge is 2.22. The van der Waals surface area contributed by atoms with Crippen molar-refractivity contribution in [1.82, 2.24) is 4.72 Å². The van der Waals surface area contributed by atoms with Crippen LogP contribution in [0.2, 0.25) is 0 Å². The average Bonchev–Trinajstić information content (AvgIpc) is 2.29. The van der Waals surface area contributed by atoms with Crippen LogP contribution in [0.15, 0.2) is 35.2 Å². The normalized spacial score (nSPS) is 13.2. The fourth-order valence-corrected chi connectivity index (χ4v) is 2.30. The molecule has 18 heavy (non-hydrogen) atoms. The van der Waals surface area contributed by atoms with E-state index in [1.54, 1.807) is 12.1 Å². The first-order valence-electron chi connectivity index (χ1n) is 4.83. The van der Waals surface area contributed by atoms with Gasteiger partial charge < -0.3 is 4.74 Å². The highest BCUT2D eigenvalue weighted by molar-refractivity contribution is 7.89. The summed E-state index contributed by atoms with van der Waals surface area (Å²) in [5, 5.41) is 8.41. The smallest absolute Gasteiger partial charge is 0.302 e. The third-order valence-electron chi connectivity index (χ3n) is 1.88. The standard InChI is InChI=1S/C10H10F2N2O3S/c11-10(12)17-9(6-7-13)14-18(15,16)8-4-2-1-3-5-8/h1-5,9-10,14H,6H2. The summed E-state index contributed by atoms with van der Waals surface area (Å²) in [5.41, 5.74) is 0. The van der Waals surface area contributed by atoms with Crippen LogP contribution in [0.4, 0.5) is 8.78 Å². The van der Waals surface area contributed by atoms with Gasteiger partial charge in [0.2, 0.25) is 10.0 Å². The van der Waals surface area contributed by atoms with Gasteiger partial charge in [0.25, 0.3) is 0 Å². The number of benzene rings is 1. The number of nitrogens with zero attached hydrogens (tertiary/aromatic N) is 1. The van der Waals surface area contributed by atoms with Crippen molar-refractivity contribution in [3.05, 3.63) is 30.3 Å². The Balaban J connectivity index is 2.83. The van der Waals surface area contributed by atoms with Crippen LogP contribution in [0.1, 0.15) is 6.42 Å². The fraction of sp³-hybridized carbons (Fsp3) is 0.300. The van der Waals surface area contributed by atoms with Gasteiger partial charge in [-0.25, -0.2) is 8.42 Å². The Kier molecular flexibility index (Phi) is 5.15. The molecule has 0 bridgehead atoms. The first-order valence-corrected chi connectivity index (χ1v) is 6.32. The van der Waals surface area contributed by atoms with E-state index in [4.69, 9.17) is 5.26 Å². The van der Waals surface area contributed by atoms with Crippen LogP contribution in [0, 0.1) is 11.3 Å². The third kappa shape index (κ3) is 4.37. The summed E-state index contributed by atoms with van der Waals surface area (Å²) in [6.07, 6.45) is -2.10. The van der Waals surface area contributed by atoms with Crippen LogP contribution < -0.4 is 4.72 Å². The summed E-state index contributed by atoms with van der Waals surface area (Å²) in [5.74, 6) is 0. The van der Waals surface area contributed by atoms with Gasteiger partial charge in [0.05, 0.1) is 17.4 Å². The summed E-state index contributed by atoms with van der Waals surface area (Å²) in [4.78, 5) is -0.0918. The summed E-state index contributed by atoms with van der Waals surface area (Å²) < 4.78 is 53.4. The molecule has 0 aromatic heterocycles. The van der Waals surface area contributed by atoms with Gasteiger partial charge in [-0.3, -0.25) is 0 Å². The van der Waals surface area contributed by atoms with Crippen molar-refractivity contribution in [2.45, 2.75) is 24.2 Å². The van der Waals surface area contributed by atoms with Crippen molar-refractivity contribution in [2.75, 3.05) is 0 Å². The van der Waals surface area contributed by atoms with Crippen molar-refractivity contribution in [2.24, 2.45) is 0 Å². The predicted octanol–water partition coefficient (Wildman–Crippen LogP) is 1.44. The Hall–Kier alpha value is -1.56. The van der Waals surface area contributed by atoms with Crippen LogP contribution in [-0.4, -0.2) is 21.3 Å². The van der Waals surface area contributed by atoms with E-state index in [-0.39, 0.29) is 4.90 Å². The summed E-state index contributed by atoms with van der Waals surface area (Å²) in [6.45, 7) is -3.16. The number of hydrogen-bond acceptors (Lipinski definition) is 4. The first kappa shape index (κ1) is 14.5. The van der Waals surface area contributed by atoms with E-state index in [0.717, 1.165) is 0 Å². The molecule has 0 aliphatic rings. The number of hydrogen-bond donors (Lipinski definition) is 1. The van der Waals surface area contributed by atoms with Crippen molar-refractivity contribution in [3.63, 3.8) is 0 Å². The maximum Gasteiger partial charge on any atom is 0.346 e. The second-order valence-corrected chi connectivity index (χ2v) is 4.90. The van der Waals surface area contributed by atoms with Crippen molar-refractivity contribution in [1.29, 1.82) is 5.26 Å². The molecule has 1 atom stereocenters. The number of ether oxygens (including phenoxy) is 1. The lowest BCUT2D eigenvalue weighted by molar-refractivity contribution is -0.163. The molecule has 0 aliphatic heterocycles. The molecule has 0 fully saturated rings. The van der Waals surface area contributed by atoms with E-state index in [1.807, 2.05) is 4.72 Å². The minimum atomic E-state index is -3.99. The molecule has 1 rings (SSSR count). The molecule has 0 spiro atoms. The van der Waals surface area contributed by atoms with E-state index in [0.29, 0.717) is 0 Å². The number of rotatable bonds is 6. The van der Waals surface area contributed by atoms with Gasteiger partial charge in [0, 0.05) is 0 Å². The van der Waals surface area contributed by atoms with E-state index in [9.17, 15) is 17.2 Å². The Morgan fingerprint density at radius 2 is 1.94 bits per heavy atom. The Labute approximate surface area is 103 Å². The molecule has 0 saturated heterocycles. The topological polar surface area (TPSA) is 79.2 Å². The molecule has 1 N–H and O–H groups in total. The molecule has 0 aliphatic carbocycles. The van der Waals surface area contributed by atoms with Crippen LogP contribution in [0.25, 0.3) is 0 Å². The summed E-state index contributed by atoms with van der Waals surface area (Å²) >= 11 is 0. The number of sulfonamides is 1. The molecule has 0 saturated carbocycles. The maximum atomic E-state index is 12.0. The van der Waals surface area contributed by atoms with Gasteiger partial charge in [-0.15, -0.1) is 0 Å². The maximum absolute atomic E-state index is 12.0. The molecular formula is C10H10F2N2O3S. The molecule has 0 radical (unpaired) electrons. The van der Waals surface area contributed by atoms with E-state index >= 15 is 0 Å². The number of alkyl halides is 2. The minimum absolute atomic E-state index is 0.0918. The third-order valence-corrected chi connectivity index (χ3v) is 3.35. The monoisotopic (exact) mass is 276 g/mol. The molecule has 8 heteroatoms. The lowest BCUT2D eigenvalue weighted by atomic mass is 10.4. The lowest BCUT2D eigenvalue weighted by Gasteiger charge is -2.16. The zero-order valence-electron chi connectivity index (χ0n) is 9.08. The van der Waals surface area contributed by atoms with E-state index < -0.39 is 29.3 Å². The van der Waals surface area contributed by atoms with Gasteiger partial charge in [-0.2, -0.15) is 18.8 Å². The van der Waals surface area contributed by atoms with Gasteiger partial charge in [-0.1, -0.05) is 18.2 Å². The van der Waals surface area contributed by atoms with Gasteiger partial charge in [0.15, 0.2) is 0 Å². The molecule has 0 heterocycles. The van der Waals surface area contributed by atoms with E-state index in [1.165, 1.54) is 24.3 Å². The molecule has 5 nitrogen and oxygen atoms in total. The van der Waals surface area contributed by atoms with Crippen LogP contribution >= 0.6 is 0 Å². The molecule has 1 aromatic carbocycles. The highest BCUT2D eigenvalue weighted by atomic mass is 32.2. The quantitative estimate of drug-likeness (QED) is 0.797. The van der Waals surface area contributed by atoms with Crippen molar-refractivity contribution >= 4 is 10.0 Å². The zero-order valence-corrected chi connectivity index (χ0v) is 9.90. The highest BCUT2D eigenvalue weighted by Crippen LogP contribution is 2.11. The molecule has 0 amide bonds. The van der Waals surface area contributed by atoms with Gasteiger partial charge in [0.1, 0.15) is 6.23 Å². The Bertz CT molecular complexity index is 514. The number of halogens is 2. The van der Waals surface area contributed by atoms with Crippen LogP contribution in [0.3, 0.4) is 0 Å². The van der Waals surface area contributed by atoms with Crippen molar-refractivity contribution in [3.8, 4) is 6.07 Å². The molecule has 98 valence electrons. The van der Waals surface area contributed by atoms with Crippen LogP contribution in [0.5, 0.6) is 0 Å². The number of nitrogens with one attached hydrogen (secondary N) is 1. The fourth-order valence-electron chi connectivity index (χ4n) is 1.17. The second kappa shape index (κ2) is 6.39. The Morgan fingerprint density at radius 3 is 2.44 bits per heavy atom. The lowest BCUT2D eigenvalue weighted by Crippen LogP contribution is -2.37. The minimum Gasteiger partial charge on any atom is -0.302 e. The van der Waals surface area contributed by atoms with Gasteiger partial charge >= 0.3 is 6.61 Å². The van der Waals surface area contributed by atoms with Crippen LogP contribution in [-0.2, 0) is 14.8 Å². The molecule has 1 unspecified atom stereocenters. The predicted molar refractivity (Wildman–Crippen MR) is 57.9 cm³/mol. The molecule has 1 aromatic rings.